The molecule has 0 aliphatic carbocycles. The van der Waals surface area contributed by atoms with Gasteiger partial charge in [-0.05, 0) is 19.1 Å². The molecule has 1 unspecified atom stereocenters. The van der Waals surface area contributed by atoms with Crippen molar-refractivity contribution in [1.29, 1.82) is 0 Å². The zero-order chi connectivity index (χ0) is 11.4. The lowest BCUT2D eigenvalue weighted by atomic mass is 10.1. The zero-order valence-corrected chi connectivity index (χ0v) is 10.1. The second kappa shape index (κ2) is 3.15. The Kier molecular flexibility index (Phi) is 1.96. The largest absolute Gasteiger partial charge is 0.276 e. The second-order valence-electron chi connectivity index (χ2n) is 3.96. The smallest absolute Gasteiger partial charge is 0.267 e. The van der Waals surface area contributed by atoms with Gasteiger partial charge in [0.2, 0.25) is 0 Å². The van der Waals surface area contributed by atoms with E-state index in [9.17, 15) is 9.59 Å². The Labute approximate surface area is 101 Å². The van der Waals surface area contributed by atoms with Gasteiger partial charge in [-0.3, -0.25) is 9.59 Å². The number of hydrazine groups is 1. The van der Waals surface area contributed by atoms with Gasteiger partial charge in [0.15, 0.2) is 0 Å². The molecule has 0 bridgehead atoms. The monoisotopic (exact) mass is 280 g/mol. The number of imide groups is 1. The van der Waals surface area contributed by atoms with Crippen molar-refractivity contribution < 1.29 is 9.59 Å². The van der Waals surface area contributed by atoms with Crippen LogP contribution in [0.15, 0.2) is 24.3 Å². The third-order valence-electron chi connectivity index (χ3n) is 2.98. The molecule has 0 aromatic heterocycles. The lowest BCUT2D eigenvalue weighted by Gasteiger charge is -2.14. The number of hydrogen-bond donors (Lipinski definition) is 0. The number of hydrogen-bond acceptors (Lipinski definition) is 3. The Morgan fingerprint density at radius 2 is 1.56 bits per heavy atom. The van der Waals surface area contributed by atoms with Crippen molar-refractivity contribution in [1.82, 2.24) is 10.0 Å². The lowest BCUT2D eigenvalue weighted by Crippen LogP contribution is -2.36. The standard InChI is InChI=1S/C11H9BrN2O2/c1-6-9(12)13(6)14-10(15)7-4-2-3-5-8(7)11(14)16/h2-6,9H,1H3/t6-,9-,13?/m0/s1. The van der Waals surface area contributed by atoms with Crippen molar-refractivity contribution in [3.8, 4) is 0 Å². The van der Waals surface area contributed by atoms with E-state index in [4.69, 9.17) is 0 Å². The van der Waals surface area contributed by atoms with Crippen molar-refractivity contribution in [3.63, 3.8) is 0 Å². The molecule has 4 nitrogen and oxygen atoms in total. The molecule has 0 saturated carbocycles. The molecule has 0 N–H and O–H groups in total. The summed E-state index contributed by atoms with van der Waals surface area (Å²) in [7, 11) is 0. The first-order valence-electron chi connectivity index (χ1n) is 5.03. The summed E-state index contributed by atoms with van der Waals surface area (Å²) in [4.78, 5) is 24.1. The number of nitrogens with zero attached hydrogens (tertiary/aromatic N) is 2. The van der Waals surface area contributed by atoms with Crippen molar-refractivity contribution in [2.75, 3.05) is 0 Å². The zero-order valence-electron chi connectivity index (χ0n) is 8.55. The van der Waals surface area contributed by atoms with E-state index in [1.807, 2.05) is 6.92 Å². The number of rotatable bonds is 1. The number of halogens is 1. The normalized spacial score (nSPS) is 31.9. The summed E-state index contributed by atoms with van der Waals surface area (Å²) < 4.78 is 0. The van der Waals surface area contributed by atoms with Crippen LogP contribution in [0.2, 0.25) is 0 Å². The molecule has 0 spiro atoms. The second-order valence-corrected chi connectivity index (χ2v) is 4.90. The molecule has 2 aliphatic rings. The first-order chi connectivity index (χ1) is 7.63. The molecule has 5 heteroatoms. The maximum Gasteiger partial charge on any atom is 0.276 e. The molecule has 1 aromatic rings. The van der Waals surface area contributed by atoms with Crippen LogP contribution in [0, 0.1) is 0 Å². The Morgan fingerprint density at radius 1 is 1.12 bits per heavy atom. The van der Waals surface area contributed by atoms with E-state index in [1.54, 1.807) is 29.3 Å². The van der Waals surface area contributed by atoms with Crippen LogP contribution in [0.25, 0.3) is 0 Å². The van der Waals surface area contributed by atoms with Gasteiger partial charge in [-0.15, -0.1) is 0 Å². The molecule has 82 valence electrons. The minimum Gasteiger partial charge on any atom is -0.267 e. The molecule has 1 saturated heterocycles. The number of alkyl halides is 1. The summed E-state index contributed by atoms with van der Waals surface area (Å²) in [6.45, 7) is 1.96. The summed E-state index contributed by atoms with van der Waals surface area (Å²) in [5, 5.41) is 2.97. The Hall–Kier alpha value is -1.20. The molecule has 3 rings (SSSR count). The quantitative estimate of drug-likeness (QED) is 0.340. The third-order valence-corrected chi connectivity index (χ3v) is 4.17. The first-order valence-corrected chi connectivity index (χ1v) is 5.94. The number of carbonyl (C=O) groups is 2. The lowest BCUT2D eigenvalue weighted by molar-refractivity contribution is 0.0369. The summed E-state index contributed by atoms with van der Waals surface area (Å²) >= 11 is 3.40. The average Bonchev–Trinajstić information content (AvgIpc) is 2.78. The van der Waals surface area contributed by atoms with Crippen LogP contribution < -0.4 is 0 Å². The molecular formula is C11H9BrN2O2. The van der Waals surface area contributed by atoms with Gasteiger partial charge < -0.3 is 0 Å². The summed E-state index contributed by atoms with van der Waals surface area (Å²) in [5.74, 6) is -0.455. The maximum atomic E-state index is 12.0. The van der Waals surface area contributed by atoms with Gasteiger partial charge in [-0.25, -0.2) is 5.01 Å². The van der Waals surface area contributed by atoms with E-state index in [1.165, 1.54) is 5.01 Å². The van der Waals surface area contributed by atoms with E-state index in [2.05, 4.69) is 15.9 Å². The summed E-state index contributed by atoms with van der Waals surface area (Å²) in [6.07, 6.45) is 0. The maximum absolute atomic E-state index is 12.0. The highest BCUT2D eigenvalue weighted by Gasteiger charge is 2.53. The SMILES string of the molecule is C[C@H]1[C@@H](Br)N1N1C(=O)c2ccccc2C1=O. The van der Waals surface area contributed by atoms with Gasteiger partial charge in [-0.1, -0.05) is 28.1 Å². The average molecular weight is 281 g/mol. The molecular weight excluding hydrogens is 272 g/mol. The molecule has 1 aromatic carbocycles. The van der Waals surface area contributed by atoms with Crippen LogP contribution >= 0.6 is 15.9 Å². The Bertz CT molecular complexity index is 460. The molecule has 2 aliphatic heterocycles. The number of carbonyl (C=O) groups excluding carboxylic acids is 2. The van der Waals surface area contributed by atoms with Crippen LogP contribution in [-0.4, -0.2) is 32.8 Å². The fourth-order valence-corrected chi connectivity index (χ4v) is 2.64. The molecule has 3 atom stereocenters. The van der Waals surface area contributed by atoms with Crippen LogP contribution in [0.5, 0.6) is 0 Å². The number of amides is 2. The minimum absolute atomic E-state index is 0.0784. The highest BCUT2D eigenvalue weighted by molar-refractivity contribution is 9.09. The van der Waals surface area contributed by atoms with Gasteiger partial charge in [0, 0.05) is 0 Å². The Balaban J connectivity index is 2.02. The third kappa shape index (κ3) is 1.13. The van der Waals surface area contributed by atoms with Gasteiger partial charge in [0.25, 0.3) is 11.8 Å². The van der Waals surface area contributed by atoms with Crippen molar-refractivity contribution in [3.05, 3.63) is 35.4 Å². The van der Waals surface area contributed by atoms with Gasteiger partial charge in [0.1, 0.15) is 4.95 Å². The predicted molar refractivity (Wildman–Crippen MR) is 61.0 cm³/mol. The van der Waals surface area contributed by atoms with Crippen molar-refractivity contribution >= 4 is 27.7 Å². The molecule has 2 heterocycles. The van der Waals surface area contributed by atoms with E-state index in [0.717, 1.165) is 0 Å². The molecule has 1 fully saturated rings. The van der Waals surface area contributed by atoms with E-state index in [0.29, 0.717) is 11.1 Å². The van der Waals surface area contributed by atoms with Crippen LogP contribution in [0.1, 0.15) is 27.6 Å². The fourth-order valence-electron chi connectivity index (χ4n) is 1.98. The fraction of sp³-hybridized carbons (Fsp3) is 0.273. The van der Waals surface area contributed by atoms with Crippen molar-refractivity contribution in [2.45, 2.75) is 17.9 Å². The molecule has 16 heavy (non-hydrogen) atoms. The van der Waals surface area contributed by atoms with E-state index in [-0.39, 0.29) is 22.8 Å². The van der Waals surface area contributed by atoms with Crippen LogP contribution in [0.3, 0.4) is 0 Å². The molecule has 2 amide bonds. The summed E-state index contributed by atoms with van der Waals surface area (Å²) in [5.41, 5.74) is 0.984. The summed E-state index contributed by atoms with van der Waals surface area (Å²) in [6, 6.07) is 7.09. The number of fused-ring (bicyclic) bond motifs is 1. The van der Waals surface area contributed by atoms with Crippen LogP contribution in [-0.2, 0) is 0 Å². The van der Waals surface area contributed by atoms with Crippen molar-refractivity contribution in [2.24, 2.45) is 0 Å². The van der Waals surface area contributed by atoms with Gasteiger partial charge in [-0.2, -0.15) is 5.01 Å². The predicted octanol–water partition coefficient (Wildman–Crippen LogP) is 1.62. The topological polar surface area (TPSA) is 40.4 Å². The number of benzene rings is 1. The highest BCUT2D eigenvalue weighted by atomic mass is 79.9. The Morgan fingerprint density at radius 3 is 1.94 bits per heavy atom. The van der Waals surface area contributed by atoms with Gasteiger partial charge in [0.05, 0.1) is 17.2 Å². The minimum atomic E-state index is -0.227. The van der Waals surface area contributed by atoms with E-state index < -0.39 is 0 Å². The van der Waals surface area contributed by atoms with Crippen LogP contribution in [0.4, 0.5) is 0 Å². The van der Waals surface area contributed by atoms with Gasteiger partial charge >= 0.3 is 0 Å². The first kappa shape index (κ1) is 9.99. The highest BCUT2D eigenvalue weighted by Crippen LogP contribution is 2.38. The van der Waals surface area contributed by atoms with E-state index >= 15 is 0 Å². The molecule has 0 radical (unpaired) electrons.